The molecule has 0 amide bonds. The van der Waals surface area contributed by atoms with Crippen molar-refractivity contribution in [1.29, 1.82) is 0 Å². The van der Waals surface area contributed by atoms with Crippen molar-refractivity contribution in [3.63, 3.8) is 0 Å². The van der Waals surface area contributed by atoms with Crippen molar-refractivity contribution < 1.29 is 4.74 Å². The van der Waals surface area contributed by atoms with Gasteiger partial charge in [0, 0.05) is 31.1 Å². The number of hydrogen-bond acceptors (Lipinski definition) is 4. The van der Waals surface area contributed by atoms with Gasteiger partial charge < -0.3 is 15.4 Å². The van der Waals surface area contributed by atoms with Gasteiger partial charge in [0.2, 0.25) is 0 Å². The Morgan fingerprint density at radius 3 is 2.65 bits per heavy atom. The Morgan fingerprint density at radius 1 is 1.12 bits per heavy atom. The largest absolute Gasteiger partial charge is 0.379 e. The highest BCUT2D eigenvalue weighted by molar-refractivity contribution is 7.09. The minimum absolute atomic E-state index is 0.681. The van der Waals surface area contributed by atoms with Crippen LogP contribution in [-0.2, 0) is 24.4 Å². The smallest absolute Gasteiger partial charge is 0.191 e. The number of hydrogen-bond donors (Lipinski definition) is 2. The quantitative estimate of drug-likeness (QED) is 0.580. The van der Waals surface area contributed by atoms with E-state index < -0.39 is 0 Å². The highest BCUT2D eigenvalue weighted by Crippen LogP contribution is 2.14. The summed E-state index contributed by atoms with van der Waals surface area (Å²) in [5, 5.41) is 8.85. The standard InChI is InChI=1S/C20H28N4OS/c1-2-21-20(23-15-19-8-5-13-26-19)22-14-17-6-3-4-7-18(17)16-24-9-11-25-12-10-24/h3-8,13H,2,9-12,14-16H2,1H3,(H2,21,22,23). The predicted octanol–water partition coefficient (Wildman–Crippen LogP) is 2.84. The molecule has 0 radical (unpaired) electrons. The van der Waals surface area contributed by atoms with E-state index in [4.69, 9.17) is 9.73 Å². The molecule has 0 spiro atoms. The lowest BCUT2D eigenvalue weighted by molar-refractivity contribution is 0.0341. The maximum atomic E-state index is 5.45. The van der Waals surface area contributed by atoms with Gasteiger partial charge in [0.1, 0.15) is 0 Å². The Morgan fingerprint density at radius 2 is 1.92 bits per heavy atom. The van der Waals surface area contributed by atoms with E-state index in [1.165, 1.54) is 16.0 Å². The third kappa shape index (κ3) is 5.83. The van der Waals surface area contributed by atoms with Crippen molar-refractivity contribution in [3.05, 3.63) is 57.8 Å². The maximum Gasteiger partial charge on any atom is 0.191 e. The molecule has 5 nitrogen and oxygen atoms in total. The summed E-state index contributed by atoms with van der Waals surface area (Å²) in [6.45, 7) is 9.06. The van der Waals surface area contributed by atoms with Gasteiger partial charge in [-0.15, -0.1) is 11.3 Å². The zero-order valence-electron chi connectivity index (χ0n) is 15.4. The van der Waals surface area contributed by atoms with Crippen LogP contribution in [-0.4, -0.2) is 43.7 Å². The molecule has 1 aromatic carbocycles. The molecule has 140 valence electrons. The van der Waals surface area contributed by atoms with Gasteiger partial charge in [-0.1, -0.05) is 30.3 Å². The van der Waals surface area contributed by atoms with Crippen molar-refractivity contribution in [1.82, 2.24) is 15.5 Å². The van der Waals surface area contributed by atoms with Crippen LogP contribution in [0.5, 0.6) is 0 Å². The first-order valence-electron chi connectivity index (χ1n) is 9.26. The van der Waals surface area contributed by atoms with Crippen LogP contribution in [0.2, 0.25) is 0 Å². The van der Waals surface area contributed by atoms with Gasteiger partial charge in [-0.05, 0) is 29.5 Å². The van der Waals surface area contributed by atoms with E-state index >= 15 is 0 Å². The van der Waals surface area contributed by atoms with Crippen LogP contribution in [0.3, 0.4) is 0 Å². The molecule has 2 N–H and O–H groups in total. The number of nitrogens with one attached hydrogen (secondary N) is 2. The molecule has 0 bridgehead atoms. The molecule has 1 saturated heterocycles. The molecule has 6 heteroatoms. The zero-order chi connectivity index (χ0) is 18.0. The highest BCUT2D eigenvalue weighted by Gasteiger charge is 2.12. The lowest BCUT2D eigenvalue weighted by Gasteiger charge is -2.27. The van der Waals surface area contributed by atoms with Gasteiger partial charge in [0.15, 0.2) is 5.96 Å². The fourth-order valence-electron chi connectivity index (χ4n) is 2.96. The molecule has 1 aliphatic heterocycles. The fourth-order valence-corrected chi connectivity index (χ4v) is 3.60. The van der Waals surface area contributed by atoms with Crippen LogP contribution in [0.15, 0.2) is 46.8 Å². The SMILES string of the molecule is CCNC(=NCc1ccccc1CN1CCOCC1)NCc1cccs1. The van der Waals surface area contributed by atoms with Crippen LogP contribution in [0.25, 0.3) is 0 Å². The van der Waals surface area contributed by atoms with E-state index in [-0.39, 0.29) is 0 Å². The van der Waals surface area contributed by atoms with E-state index in [9.17, 15) is 0 Å². The van der Waals surface area contributed by atoms with Gasteiger partial charge >= 0.3 is 0 Å². The molecule has 0 saturated carbocycles. The first kappa shape index (κ1) is 18.9. The normalized spacial score (nSPS) is 15.8. The van der Waals surface area contributed by atoms with Crippen molar-refractivity contribution in [3.8, 4) is 0 Å². The van der Waals surface area contributed by atoms with Gasteiger partial charge in [-0.3, -0.25) is 4.90 Å². The summed E-state index contributed by atoms with van der Waals surface area (Å²) in [4.78, 5) is 8.55. The molecule has 1 fully saturated rings. The Bertz CT molecular complexity index is 681. The van der Waals surface area contributed by atoms with Crippen LogP contribution < -0.4 is 10.6 Å². The third-order valence-electron chi connectivity index (χ3n) is 4.38. The molecule has 26 heavy (non-hydrogen) atoms. The second-order valence-electron chi connectivity index (χ2n) is 6.29. The van der Waals surface area contributed by atoms with E-state index in [0.29, 0.717) is 6.54 Å². The molecular weight excluding hydrogens is 344 g/mol. The Labute approximate surface area is 160 Å². The number of guanidine groups is 1. The minimum Gasteiger partial charge on any atom is -0.379 e. The van der Waals surface area contributed by atoms with E-state index in [0.717, 1.165) is 51.9 Å². The van der Waals surface area contributed by atoms with Crippen LogP contribution >= 0.6 is 11.3 Å². The summed E-state index contributed by atoms with van der Waals surface area (Å²) in [6, 6.07) is 12.8. The average molecular weight is 373 g/mol. The molecule has 3 rings (SSSR count). The van der Waals surface area contributed by atoms with E-state index in [1.807, 2.05) is 0 Å². The van der Waals surface area contributed by atoms with E-state index in [1.54, 1.807) is 11.3 Å². The molecule has 1 aromatic heterocycles. The Balaban J connectivity index is 1.62. The third-order valence-corrected chi connectivity index (χ3v) is 5.25. The number of ether oxygens (including phenoxy) is 1. The summed E-state index contributed by atoms with van der Waals surface area (Å²) >= 11 is 1.76. The minimum atomic E-state index is 0.681. The fraction of sp³-hybridized carbons (Fsp3) is 0.450. The number of nitrogens with zero attached hydrogens (tertiary/aromatic N) is 2. The maximum absolute atomic E-state index is 5.45. The summed E-state index contributed by atoms with van der Waals surface area (Å²) in [7, 11) is 0. The number of morpholine rings is 1. The van der Waals surface area contributed by atoms with Gasteiger partial charge in [-0.2, -0.15) is 0 Å². The van der Waals surface area contributed by atoms with Gasteiger partial charge in [0.05, 0.1) is 26.3 Å². The van der Waals surface area contributed by atoms with E-state index in [2.05, 4.69) is 64.2 Å². The Kier molecular flexibility index (Phi) is 7.49. The zero-order valence-corrected chi connectivity index (χ0v) is 16.2. The van der Waals surface area contributed by atoms with Crippen LogP contribution in [0, 0.1) is 0 Å². The van der Waals surface area contributed by atoms with Crippen molar-refractivity contribution in [2.75, 3.05) is 32.8 Å². The van der Waals surface area contributed by atoms with Gasteiger partial charge in [-0.25, -0.2) is 4.99 Å². The summed E-state index contributed by atoms with van der Waals surface area (Å²) in [5.74, 6) is 0.863. The summed E-state index contributed by atoms with van der Waals surface area (Å²) in [5.41, 5.74) is 2.64. The molecular formula is C20H28N4OS. The second-order valence-corrected chi connectivity index (χ2v) is 7.32. The molecule has 0 atom stereocenters. The topological polar surface area (TPSA) is 48.9 Å². The van der Waals surface area contributed by atoms with Crippen LogP contribution in [0.4, 0.5) is 0 Å². The monoisotopic (exact) mass is 372 g/mol. The number of aliphatic imine (C=N–C) groups is 1. The average Bonchev–Trinajstić information content (AvgIpc) is 3.19. The first-order chi connectivity index (χ1) is 12.8. The predicted molar refractivity (Wildman–Crippen MR) is 109 cm³/mol. The number of thiophene rings is 1. The lowest BCUT2D eigenvalue weighted by atomic mass is 10.1. The van der Waals surface area contributed by atoms with Crippen molar-refractivity contribution in [2.45, 2.75) is 26.6 Å². The first-order valence-corrected chi connectivity index (χ1v) is 10.1. The lowest BCUT2D eigenvalue weighted by Crippen LogP contribution is -2.37. The number of rotatable bonds is 7. The molecule has 2 heterocycles. The molecule has 2 aromatic rings. The van der Waals surface area contributed by atoms with Gasteiger partial charge in [0.25, 0.3) is 0 Å². The van der Waals surface area contributed by atoms with Crippen molar-refractivity contribution >= 4 is 17.3 Å². The summed E-state index contributed by atoms with van der Waals surface area (Å²) < 4.78 is 5.45. The molecule has 0 unspecified atom stereocenters. The van der Waals surface area contributed by atoms with Crippen LogP contribution in [0.1, 0.15) is 22.9 Å². The Hall–Kier alpha value is -1.89. The second kappa shape index (κ2) is 10.3. The highest BCUT2D eigenvalue weighted by atomic mass is 32.1. The number of benzene rings is 1. The summed E-state index contributed by atoms with van der Waals surface area (Å²) in [6.07, 6.45) is 0. The molecule has 1 aliphatic rings. The van der Waals surface area contributed by atoms with Crippen molar-refractivity contribution in [2.24, 2.45) is 4.99 Å². The molecule has 0 aliphatic carbocycles.